The molecule has 0 aliphatic heterocycles. The maximum Gasteiger partial charge on any atom is 0.433 e. The van der Waals surface area contributed by atoms with Crippen molar-refractivity contribution in [3.05, 3.63) is 33.1 Å². The first-order chi connectivity index (χ1) is 8.55. The molecule has 4 nitrogen and oxygen atoms in total. The number of alkyl halides is 3. The highest BCUT2D eigenvalue weighted by Crippen LogP contribution is 2.37. The fourth-order valence-electron chi connectivity index (χ4n) is 1.77. The molecule has 0 amide bonds. The van der Waals surface area contributed by atoms with E-state index in [0.717, 1.165) is 6.07 Å². The molecule has 7 heteroatoms. The first kappa shape index (κ1) is 15.4. The number of halogens is 3. The van der Waals surface area contributed by atoms with Gasteiger partial charge in [-0.25, -0.2) is 4.98 Å². The van der Waals surface area contributed by atoms with E-state index in [9.17, 15) is 23.3 Å². The molecule has 0 aromatic carbocycles. The van der Waals surface area contributed by atoms with E-state index in [1.165, 1.54) is 0 Å². The minimum Gasteiger partial charge on any atom is -0.258 e. The summed E-state index contributed by atoms with van der Waals surface area (Å²) in [4.78, 5) is 13.9. The Morgan fingerprint density at radius 2 is 1.74 bits per heavy atom. The number of pyridine rings is 1. The molecule has 19 heavy (non-hydrogen) atoms. The smallest absolute Gasteiger partial charge is 0.258 e. The van der Waals surface area contributed by atoms with Crippen molar-refractivity contribution in [2.45, 2.75) is 45.7 Å². The van der Waals surface area contributed by atoms with Crippen LogP contribution in [0.15, 0.2) is 6.07 Å². The van der Waals surface area contributed by atoms with Gasteiger partial charge >= 0.3 is 6.18 Å². The fraction of sp³-hybridized carbons (Fsp3) is 0.583. The zero-order valence-electron chi connectivity index (χ0n) is 11.1. The molecule has 0 spiro atoms. The summed E-state index contributed by atoms with van der Waals surface area (Å²) < 4.78 is 38.3. The minimum atomic E-state index is -4.61. The molecule has 0 bridgehead atoms. The van der Waals surface area contributed by atoms with Gasteiger partial charge in [0.25, 0.3) is 5.69 Å². The average molecular weight is 276 g/mol. The van der Waals surface area contributed by atoms with Crippen molar-refractivity contribution in [3.63, 3.8) is 0 Å². The van der Waals surface area contributed by atoms with E-state index in [1.807, 2.05) is 0 Å². The molecular formula is C12H15F3N2O2. The Morgan fingerprint density at radius 3 is 2.05 bits per heavy atom. The Bertz CT molecular complexity index is 467. The Kier molecular flexibility index (Phi) is 4.17. The molecule has 1 aromatic rings. The molecule has 0 saturated heterocycles. The summed E-state index contributed by atoms with van der Waals surface area (Å²) in [7, 11) is 0. The van der Waals surface area contributed by atoms with Crippen molar-refractivity contribution in [1.29, 1.82) is 0 Å². The molecular weight excluding hydrogens is 261 g/mol. The van der Waals surface area contributed by atoms with Crippen molar-refractivity contribution in [1.82, 2.24) is 4.98 Å². The largest absolute Gasteiger partial charge is 0.433 e. The second-order valence-electron chi connectivity index (χ2n) is 4.89. The molecule has 0 radical (unpaired) electrons. The Hall–Kier alpha value is -1.66. The zero-order valence-corrected chi connectivity index (χ0v) is 11.1. The second kappa shape index (κ2) is 5.14. The van der Waals surface area contributed by atoms with Gasteiger partial charge in [-0.05, 0) is 12.0 Å². The molecule has 0 saturated carbocycles. The highest BCUT2D eigenvalue weighted by molar-refractivity contribution is 5.48. The van der Waals surface area contributed by atoms with Crippen LogP contribution in [0.5, 0.6) is 0 Å². The third-order valence-electron chi connectivity index (χ3n) is 2.69. The van der Waals surface area contributed by atoms with Crippen molar-refractivity contribution < 1.29 is 18.1 Å². The third kappa shape index (κ3) is 3.21. The molecule has 0 atom stereocenters. The van der Waals surface area contributed by atoms with Crippen LogP contribution >= 0.6 is 0 Å². The molecule has 0 N–H and O–H groups in total. The third-order valence-corrected chi connectivity index (χ3v) is 2.69. The van der Waals surface area contributed by atoms with Crippen LogP contribution < -0.4 is 0 Å². The summed E-state index contributed by atoms with van der Waals surface area (Å²) in [6.45, 7) is 6.40. The van der Waals surface area contributed by atoms with E-state index in [-0.39, 0.29) is 22.9 Å². The number of hydrogen-bond acceptors (Lipinski definition) is 3. The highest BCUT2D eigenvalue weighted by Gasteiger charge is 2.37. The van der Waals surface area contributed by atoms with Gasteiger partial charge in [-0.15, -0.1) is 0 Å². The summed E-state index contributed by atoms with van der Waals surface area (Å²) in [6, 6.07) is 0.772. The van der Waals surface area contributed by atoms with E-state index in [2.05, 4.69) is 4.98 Å². The van der Waals surface area contributed by atoms with Gasteiger partial charge in [-0.3, -0.25) is 10.1 Å². The molecule has 1 heterocycles. The van der Waals surface area contributed by atoms with Crippen LogP contribution in [0.3, 0.4) is 0 Å². The molecule has 0 aliphatic carbocycles. The topological polar surface area (TPSA) is 56.0 Å². The quantitative estimate of drug-likeness (QED) is 0.612. The predicted octanol–water partition coefficient (Wildman–Crippen LogP) is 4.26. The van der Waals surface area contributed by atoms with E-state index in [1.54, 1.807) is 27.7 Å². The molecule has 0 aliphatic rings. The van der Waals surface area contributed by atoms with Crippen molar-refractivity contribution in [2.24, 2.45) is 0 Å². The lowest BCUT2D eigenvalue weighted by Gasteiger charge is -2.15. The van der Waals surface area contributed by atoms with E-state index < -0.39 is 22.7 Å². The normalized spacial score (nSPS) is 12.3. The van der Waals surface area contributed by atoms with Crippen LogP contribution in [-0.4, -0.2) is 9.91 Å². The molecule has 106 valence electrons. The van der Waals surface area contributed by atoms with Gasteiger partial charge in [0.2, 0.25) is 0 Å². The first-order valence-electron chi connectivity index (χ1n) is 5.82. The zero-order chi connectivity index (χ0) is 15.0. The van der Waals surface area contributed by atoms with E-state index >= 15 is 0 Å². The molecule has 1 aromatic heterocycles. The number of hydrogen-bond donors (Lipinski definition) is 0. The van der Waals surface area contributed by atoms with Crippen LogP contribution in [0.2, 0.25) is 0 Å². The van der Waals surface area contributed by atoms with Crippen LogP contribution in [0.4, 0.5) is 18.9 Å². The van der Waals surface area contributed by atoms with Crippen LogP contribution in [0, 0.1) is 10.1 Å². The predicted molar refractivity (Wildman–Crippen MR) is 64.1 cm³/mol. The maximum absolute atomic E-state index is 12.8. The van der Waals surface area contributed by atoms with Gasteiger partial charge in [0, 0.05) is 11.5 Å². The summed E-state index contributed by atoms with van der Waals surface area (Å²) in [5, 5.41) is 11.1. The number of nitrogens with zero attached hydrogens (tertiary/aromatic N) is 2. The Morgan fingerprint density at radius 1 is 1.21 bits per heavy atom. The number of rotatable bonds is 3. The monoisotopic (exact) mass is 276 g/mol. The summed E-state index contributed by atoms with van der Waals surface area (Å²) >= 11 is 0. The van der Waals surface area contributed by atoms with E-state index in [4.69, 9.17) is 0 Å². The van der Waals surface area contributed by atoms with Crippen molar-refractivity contribution in [3.8, 4) is 0 Å². The van der Waals surface area contributed by atoms with Crippen LogP contribution in [0.25, 0.3) is 0 Å². The molecule has 1 rings (SSSR count). The summed E-state index contributed by atoms with van der Waals surface area (Å²) in [5.41, 5.74) is -1.44. The first-order valence-corrected chi connectivity index (χ1v) is 5.82. The van der Waals surface area contributed by atoms with Crippen molar-refractivity contribution >= 4 is 5.69 Å². The lowest BCUT2D eigenvalue weighted by Crippen LogP contribution is -2.14. The highest BCUT2D eigenvalue weighted by atomic mass is 19.4. The second-order valence-corrected chi connectivity index (χ2v) is 4.89. The van der Waals surface area contributed by atoms with Gasteiger partial charge in [0.05, 0.1) is 4.92 Å². The molecule has 0 unspecified atom stereocenters. The SMILES string of the molecule is CC(C)c1cc(C(F)(F)F)nc(C(C)C)c1[N+](=O)[O-]. The lowest BCUT2D eigenvalue weighted by molar-refractivity contribution is -0.387. The maximum atomic E-state index is 12.8. The fourth-order valence-corrected chi connectivity index (χ4v) is 1.77. The summed E-state index contributed by atoms with van der Waals surface area (Å²) in [5.74, 6) is -0.845. The Labute approximate surface area is 108 Å². The number of aromatic nitrogens is 1. The molecule has 0 fully saturated rings. The van der Waals surface area contributed by atoms with Gasteiger partial charge in [-0.2, -0.15) is 13.2 Å². The van der Waals surface area contributed by atoms with Crippen LogP contribution in [0.1, 0.15) is 56.5 Å². The lowest BCUT2D eigenvalue weighted by atomic mass is 9.96. The standard InChI is InChI=1S/C12H15F3N2O2/c1-6(2)8-5-9(12(13,14)15)16-10(7(3)4)11(8)17(18)19/h5-7H,1-4H3. The number of nitro groups is 1. The van der Waals surface area contributed by atoms with E-state index in [0.29, 0.717) is 0 Å². The van der Waals surface area contributed by atoms with Gasteiger partial charge in [0.15, 0.2) is 0 Å². The van der Waals surface area contributed by atoms with Crippen LogP contribution in [-0.2, 0) is 6.18 Å². The van der Waals surface area contributed by atoms with Gasteiger partial charge < -0.3 is 0 Å². The van der Waals surface area contributed by atoms with Crippen molar-refractivity contribution in [2.75, 3.05) is 0 Å². The van der Waals surface area contributed by atoms with Gasteiger partial charge in [-0.1, -0.05) is 27.7 Å². The Balaban J connectivity index is 3.68. The minimum absolute atomic E-state index is 0.0658. The summed E-state index contributed by atoms with van der Waals surface area (Å²) in [6.07, 6.45) is -4.61. The van der Waals surface area contributed by atoms with Gasteiger partial charge in [0.1, 0.15) is 11.4 Å². The average Bonchev–Trinajstić information content (AvgIpc) is 2.25.